The average molecular weight is 408 g/mol. The number of methoxy groups -OCH3 is 1. The van der Waals surface area contributed by atoms with Crippen molar-refractivity contribution in [1.82, 2.24) is 15.1 Å². The number of hydrogen-bond acceptors (Lipinski definition) is 4. The molecule has 2 fully saturated rings. The normalized spacial score (nSPS) is 18.0. The van der Waals surface area contributed by atoms with Crippen molar-refractivity contribution in [3.8, 4) is 5.75 Å². The van der Waals surface area contributed by atoms with Gasteiger partial charge in [-0.1, -0.05) is 42.5 Å². The molecule has 0 radical (unpaired) electrons. The monoisotopic (exact) mass is 407 g/mol. The molecule has 0 bridgehead atoms. The maximum atomic E-state index is 12.9. The molecule has 2 aromatic rings. The van der Waals surface area contributed by atoms with Gasteiger partial charge in [-0.2, -0.15) is 0 Å². The zero-order valence-electron chi connectivity index (χ0n) is 17.4. The van der Waals surface area contributed by atoms with E-state index < -0.39 is 0 Å². The van der Waals surface area contributed by atoms with Crippen LogP contribution in [0.1, 0.15) is 30.0 Å². The van der Waals surface area contributed by atoms with Crippen molar-refractivity contribution in [2.75, 3.05) is 39.8 Å². The van der Waals surface area contributed by atoms with Crippen molar-refractivity contribution in [2.24, 2.45) is 5.92 Å². The molecule has 30 heavy (non-hydrogen) atoms. The molecule has 1 saturated heterocycles. The van der Waals surface area contributed by atoms with Gasteiger partial charge in [0.1, 0.15) is 5.75 Å². The highest BCUT2D eigenvalue weighted by molar-refractivity contribution is 5.81. The van der Waals surface area contributed by atoms with Crippen LogP contribution in [0.25, 0.3) is 0 Å². The van der Waals surface area contributed by atoms with E-state index in [9.17, 15) is 9.59 Å². The van der Waals surface area contributed by atoms with Gasteiger partial charge in [0.05, 0.1) is 19.7 Å². The number of hydrogen-bond donors (Lipinski definition) is 1. The molecule has 1 heterocycles. The van der Waals surface area contributed by atoms with Crippen LogP contribution in [-0.2, 0) is 9.59 Å². The van der Waals surface area contributed by atoms with Crippen molar-refractivity contribution in [2.45, 2.75) is 18.9 Å². The highest BCUT2D eigenvalue weighted by atomic mass is 16.5. The molecule has 1 aliphatic carbocycles. The molecule has 2 amide bonds. The van der Waals surface area contributed by atoms with Gasteiger partial charge in [0, 0.05) is 32.1 Å². The fourth-order valence-electron chi connectivity index (χ4n) is 3.93. The second-order valence-corrected chi connectivity index (χ2v) is 8.06. The van der Waals surface area contributed by atoms with Gasteiger partial charge < -0.3 is 15.0 Å². The van der Waals surface area contributed by atoms with Crippen LogP contribution in [0.15, 0.2) is 54.6 Å². The smallest absolute Gasteiger partial charge is 0.234 e. The molecule has 1 N–H and O–H groups in total. The number of rotatable bonds is 7. The Balaban J connectivity index is 1.37. The molecule has 0 aromatic heterocycles. The minimum Gasteiger partial charge on any atom is -0.497 e. The number of piperazine rings is 1. The number of amides is 2. The van der Waals surface area contributed by atoms with Gasteiger partial charge in [-0.3, -0.25) is 14.5 Å². The standard InChI is InChI=1S/C24H29N3O3/c1-30-21-11-9-19(10-12-21)23(18-5-3-2-4-6-18)25-22(28)17-26-13-15-27(16-14-26)24(29)20-7-8-20/h2-6,9-12,20,23H,7-8,13-17H2,1H3,(H,25,28). The van der Waals surface area contributed by atoms with Crippen LogP contribution in [0.3, 0.4) is 0 Å². The van der Waals surface area contributed by atoms with E-state index >= 15 is 0 Å². The SMILES string of the molecule is COc1ccc(C(NC(=O)CN2CCN(C(=O)C3CC3)CC2)c2ccccc2)cc1. The van der Waals surface area contributed by atoms with Crippen LogP contribution in [0.5, 0.6) is 5.75 Å². The molecule has 6 nitrogen and oxygen atoms in total. The van der Waals surface area contributed by atoms with E-state index in [0.717, 1.165) is 42.8 Å². The van der Waals surface area contributed by atoms with Crippen LogP contribution in [-0.4, -0.2) is 61.4 Å². The first-order chi connectivity index (χ1) is 14.6. The van der Waals surface area contributed by atoms with E-state index in [4.69, 9.17) is 4.74 Å². The predicted octanol–water partition coefficient (Wildman–Crippen LogP) is 2.46. The molecule has 158 valence electrons. The molecular formula is C24H29N3O3. The minimum absolute atomic E-state index is 0.0124. The molecule has 1 unspecified atom stereocenters. The Labute approximate surface area is 177 Å². The second kappa shape index (κ2) is 9.30. The van der Waals surface area contributed by atoms with Crippen molar-refractivity contribution in [3.05, 3.63) is 65.7 Å². The quantitative estimate of drug-likeness (QED) is 0.766. The van der Waals surface area contributed by atoms with E-state index in [1.54, 1.807) is 7.11 Å². The lowest BCUT2D eigenvalue weighted by Gasteiger charge is -2.34. The van der Waals surface area contributed by atoms with Crippen molar-refractivity contribution >= 4 is 11.8 Å². The number of carbonyl (C=O) groups excluding carboxylic acids is 2. The summed E-state index contributed by atoms with van der Waals surface area (Å²) in [5.41, 5.74) is 2.05. The van der Waals surface area contributed by atoms with Gasteiger partial charge >= 0.3 is 0 Å². The lowest BCUT2D eigenvalue weighted by atomic mass is 9.98. The summed E-state index contributed by atoms with van der Waals surface area (Å²) in [4.78, 5) is 29.2. The van der Waals surface area contributed by atoms with Crippen molar-refractivity contribution in [1.29, 1.82) is 0 Å². The third-order valence-electron chi connectivity index (χ3n) is 5.87. The van der Waals surface area contributed by atoms with E-state index in [1.165, 1.54) is 0 Å². The van der Waals surface area contributed by atoms with Crippen LogP contribution in [0, 0.1) is 5.92 Å². The molecule has 1 saturated carbocycles. The summed E-state index contributed by atoms with van der Waals surface area (Å²) in [6.45, 7) is 3.24. The molecule has 4 rings (SSSR count). The van der Waals surface area contributed by atoms with Crippen molar-refractivity contribution < 1.29 is 14.3 Å². The maximum absolute atomic E-state index is 12.9. The van der Waals surface area contributed by atoms with Crippen LogP contribution in [0.4, 0.5) is 0 Å². The van der Waals surface area contributed by atoms with Gasteiger partial charge in [0.25, 0.3) is 0 Å². The highest BCUT2D eigenvalue weighted by Gasteiger charge is 2.34. The molecule has 1 aliphatic heterocycles. The third kappa shape index (κ3) is 5.00. The maximum Gasteiger partial charge on any atom is 0.234 e. The Hall–Kier alpha value is -2.86. The molecule has 6 heteroatoms. The lowest BCUT2D eigenvalue weighted by molar-refractivity contribution is -0.134. The summed E-state index contributed by atoms with van der Waals surface area (Å²) in [7, 11) is 1.64. The minimum atomic E-state index is -0.220. The van der Waals surface area contributed by atoms with Gasteiger partial charge in [-0.05, 0) is 36.1 Å². The molecule has 2 aromatic carbocycles. The Morgan fingerprint density at radius 1 is 0.967 bits per heavy atom. The summed E-state index contributed by atoms with van der Waals surface area (Å²) < 4.78 is 5.26. The molecular weight excluding hydrogens is 378 g/mol. The number of nitrogens with zero attached hydrogens (tertiary/aromatic N) is 2. The molecule has 1 atom stereocenters. The zero-order valence-corrected chi connectivity index (χ0v) is 17.4. The third-order valence-corrected chi connectivity index (χ3v) is 5.87. The Kier molecular flexibility index (Phi) is 6.33. The Morgan fingerprint density at radius 2 is 1.60 bits per heavy atom. The first kappa shape index (κ1) is 20.4. The molecule has 0 spiro atoms. The van der Waals surface area contributed by atoms with Crippen LogP contribution < -0.4 is 10.1 Å². The average Bonchev–Trinajstić information content (AvgIpc) is 3.64. The van der Waals surface area contributed by atoms with Gasteiger partial charge in [-0.25, -0.2) is 0 Å². The second-order valence-electron chi connectivity index (χ2n) is 8.06. The fraction of sp³-hybridized carbons (Fsp3) is 0.417. The van der Waals surface area contributed by atoms with E-state index in [-0.39, 0.29) is 17.9 Å². The fourth-order valence-corrected chi connectivity index (χ4v) is 3.93. The van der Waals surface area contributed by atoms with Crippen molar-refractivity contribution in [3.63, 3.8) is 0 Å². The van der Waals surface area contributed by atoms with E-state index in [1.807, 2.05) is 59.5 Å². The van der Waals surface area contributed by atoms with Crippen LogP contribution in [0.2, 0.25) is 0 Å². The Bertz CT molecular complexity index is 857. The predicted molar refractivity (Wildman–Crippen MR) is 115 cm³/mol. The van der Waals surface area contributed by atoms with Crippen LogP contribution >= 0.6 is 0 Å². The summed E-state index contributed by atoms with van der Waals surface area (Å²) in [5, 5.41) is 3.19. The van der Waals surface area contributed by atoms with Gasteiger partial charge in [-0.15, -0.1) is 0 Å². The summed E-state index contributed by atoms with van der Waals surface area (Å²) in [5.74, 6) is 1.33. The summed E-state index contributed by atoms with van der Waals surface area (Å²) >= 11 is 0. The highest BCUT2D eigenvalue weighted by Crippen LogP contribution is 2.31. The lowest BCUT2D eigenvalue weighted by Crippen LogP contribution is -2.51. The van der Waals surface area contributed by atoms with Gasteiger partial charge in [0.2, 0.25) is 11.8 Å². The summed E-state index contributed by atoms with van der Waals surface area (Å²) in [6, 6.07) is 17.6. The first-order valence-corrected chi connectivity index (χ1v) is 10.6. The Morgan fingerprint density at radius 3 is 2.20 bits per heavy atom. The zero-order chi connectivity index (χ0) is 20.9. The largest absolute Gasteiger partial charge is 0.497 e. The van der Waals surface area contributed by atoms with Gasteiger partial charge in [0.15, 0.2) is 0 Å². The summed E-state index contributed by atoms with van der Waals surface area (Å²) in [6.07, 6.45) is 2.07. The number of ether oxygens (including phenoxy) is 1. The molecule has 2 aliphatic rings. The first-order valence-electron chi connectivity index (χ1n) is 10.6. The number of carbonyl (C=O) groups is 2. The van der Waals surface area contributed by atoms with E-state index in [2.05, 4.69) is 10.2 Å². The number of benzene rings is 2. The topological polar surface area (TPSA) is 61.9 Å². The number of nitrogens with one attached hydrogen (secondary N) is 1. The van der Waals surface area contributed by atoms with E-state index in [0.29, 0.717) is 25.5 Å².